The lowest BCUT2D eigenvalue weighted by atomic mass is 10.0. The summed E-state index contributed by atoms with van der Waals surface area (Å²) in [7, 11) is 0. The number of rotatable bonds is 30. The summed E-state index contributed by atoms with van der Waals surface area (Å²) >= 11 is 0. The minimum Gasteiger partial charge on any atom is -0.493 e. The molecule has 0 radical (unpaired) electrons. The van der Waals surface area contributed by atoms with Crippen molar-refractivity contribution in [2.45, 2.75) is 142 Å². The van der Waals surface area contributed by atoms with Gasteiger partial charge in [-0.2, -0.15) is 0 Å². The molecule has 8 nitrogen and oxygen atoms in total. The van der Waals surface area contributed by atoms with Gasteiger partial charge >= 0.3 is 0 Å². The van der Waals surface area contributed by atoms with Crippen molar-refractivity contribution >= 4 is 35.7 Å². The van der Waals surface area contributed by atoms with E-state index in [-0.39, 0.29) is 11.4 Å². The molecule has 3 aromatic rings. The number of unbranched alkanes of at least 4 members (excludes halogenated alkanes) is 18. The van der Waals surface area contributed by atoms with Gasteiger partial charge in [0.25, 0.3) is 11.4 Å². The Morgan fingerprint density at radius 2 is 0.741 bits per heavy atom. The summed E-state index contributed by atoms with van der Waals surface area (Å²) in [5, 5.41) is 22.4. The van der Waals surface area contributed by atoms with Crippen molar-refractivity contribution in [1.29, 1.82) is 0 Å². The Labute approximate surface area is 324 Å². The summed E-state index contributed by atoms with van der Waals surface area (Å²) in [6.07, 6.45) is 32.8. The predicted molar refractivity (Wildman–Crippen MR) is 225 cm³/mol. The molecular weight excluding hydrogens is 677 g/mol. The van der Waals surface area contributed by atoms with Gasteiger partial charge < -0.3 is 9.47 Å². The Bertz CT molecular complexity index is 1430. The van der Waals surface area contributed by atoms with E-state index in [2.05, 4.69) is 13.8 Å². The van der Waals surface area contributed by atoms with E-state index in [9.17, 15) is 20.2 Å². The van der Waals surface area contributed by atoms with Crippen molar-refractivity contribution in [3.63, 3.8) is 0 Å². The molecule has 0 bridgehead atoms. The van der Waals surface area contributed by atoms with Gasteiger partial charge in [0, 0.05) is 35.4 Å². The van der Waals surface area contributed by atoms with Gasteiger partial charge in [0.1, 0.15) is 11.5 Å². The standard InChI is InChI=1S/C46H64N2O6/c1-3-5-7-9-11-13-15-17-19-21-35-53-45-37-42(30-24-40-27-33-44(34-28-40)48(51)52)46(54-36-22-20-18-16-14-12-10-8-6-4-2)38-41(45)29-23-39-25-31-43(32-26-39)47(49)50/h23-34,37-38H,3-22,35-36H2,1-2H3. The first-order valence-electron chi connectivity index (χ1n) is 20.7. The number of nitrogens with zero attached hydrogens (tertiary/aromatic N) is 2. The molecule has 0 saturated heterocycles. The first-order valence-corrected chi connectivity index (χ1v) is 20.7. The molecule has 0 aliphatic carbocycles. The molecule has 3 aromatic carbocycles. The Morgan fingerprint density at radius 1 is 0.444 bits per heavy atom. The van der Waals surface area contributed by atoms with Gasteiger partial charge in [-0.15, -0.1) is 0 Å². The van der Waals surface area contributed by atoms with E-state index in [0.29, 0.717) is 13.2 Å². The quantitative estimate of drug-likeness (QED) is 0.0292. The van der Waals surface area contributed by atoms with Crippen LogP contribution in [0.5, 0.6) is 11.5 Å². The molecule has 0 spiro atoms. The second-order valence-corrected chi connectivity index (χ2v) is 14.4. The summed E-state index contributed by atoms with van der Waals surface area (Å²) < 4.78 is 12.9. The van der Waals surface area contributed by atoms with Gasteiger partial charge in [-0.1, -0.05) is 154 Å². The highest BCUT2D eigenvalue weighted by molar-refractivity contribution is 5.79. The number of ether oxygens (including phenoxy) is 2. The fraction of sp³-hybridized carbons (Fsp3) is 0.522. The van der Waals surface area contributed by atoms with Gasteiger partial charge in [-0.3, -0.25) is 20.2 Å². The zero-order valence-electron chi connectivity index (χ0n) is 33.0. The number of benzene rings is 3. The molecule has 0 aliphatic rings. The smallest absolute Gasteiger partial charge is 0.269 e. The molecule has 8 heteroatoms. The van der Waals surface area contributed by atoms with E-state index >= 15 is 0 Å². The van der Waals surface area contributed by atoms with Crippen LogP contribution in [-0.2, 0) is 0 Å². The number of hydrogen-bond donors (Lipinski definition) is 0. The average molecular weight is 741 g/mol. The third-order valence-electron chi connectivity index (χ3n) is 9.77. The van der Waals surface area contributed by atoms with E-state index in [1.54, 1.807) is 24.3 Å². The van der Waals surface area contributed by atoms with E-state index in [1.165, 1.54) is 127 Å². The molecule has 0 aliphatic heterocycles. The normalized spacial score (nSPS) is 11.4. The molecule has 0 N–H and O–H groups in total. The van der Waals surface area contributed by atoms with Gasteiger partial charge in [0.05, 0.1) is 23.1 Å². The fourth-order valence-corrected chi connectivity index (χ4v) is 6.43. The minimum absolute atomic E-state index is 0.0551. The topological polar surface area (TPSA) is 105 Å². The molecule has 0 amide bonds. The lowest BCUT2D eigenvalue weighted by Gasteiger charge is -2.15. The third kappa shape index (κ3) is 18.0. The summed E-state index contributed by atoms with van der Waals surface area (Å²) in [6.45, 7) is 5.70. The van der Waals surface area contributed by atoms with Crippen LogP contribution in [0.1, 0.15) is 165 Å². The van der Waals surface area contributed by atoms with Crippen molar-refractivity contribution in [3.05, 3.63) is 103 Å². The minimum atomic E-state index is -0.395. The Hall–Kier alpha value is -4.46. The summed E-state index contributed by atoms with van der Waals surface area (Å²) in [6, 6.07) is 17.0. The van der Waals surface area contributed by atoms with Gasteiger partial charge in [-0.05, 0) is 60.4 Å². The van der Waals surface area contributed by atoms with Crippen LogP contribution in [0.15, 0.2) is 60.7 Å². The number of nitro groups is 2. The summed E-state index contributed by atoms with van der Waals surface area (Å²) in [5.74, 6) is 1.47. The average Bonchev–Trinajstić information content (AvgIpc) is 3.18. The van der Waals surface area contributed by atoms with Crippen LogP contribution < -0.4 is 9.47 Å². The van der Waals surface area contributed by atoms with E-state index in [0.717, 1.165) is 59.4 Å². The lowest BCUT2D eigenvalue weighted by molar-refractivity contribution is -0.385. The molecule has 0 atom stereocenters. The van der Waals surface area contributed by atoms with E-state index < -0.39 is 9.85 Å². The second-order valence-electron chi connectivity index (χ2n) is 14.4. The van der Waals surface area contributed by atoms with Crippen LogP contribution in [0.25, 0.3) is 24.3 Å². The van der Waals surface area contributed by atoms with Crippen LogP contribution in [0.2, 0.25) is 0 Å². The van der Waals surface area contributed by atoms with Crippen molar-refractivity contribution in [2.24, 2.45) is 0 Å². The molecule has 0 unspecified atom stereocenters. The maximum atomic E-state index is 11.2. The van der Waals surface area contributed by atoms with Crippen LogP contribution in [0, 0.1) is 20.2 Å². The number of non-ortho nitro benzene ring substituents is 2. The van der Waals surface area contributed by atoms with Crippen LogP contribution >= 0.6 is 0 Å². The SMILES string of the molecule is CCCCCCCCCCCCOc1cc(C=Cc2ccc([N+](=O)[O-])cc2)c(OCCCCCCCCCCCC)cc1C=Cc1ccc([N+](=O)[O-])cc1. The van der Waals surface area contributed by atoms with Crippen LogP contribution in [0.4, 0.5) is 11.4 Å². The predicted octanol–water partition coefficient (Wildman–Crippen LogP) is 14.4. The molecular formula is C46H64N2O6. The van der Waals surface area contributed by atoms with Gasteiger partial charge in [0.15, 0.2) is 0 Å². The highest BCUT2D eigenvalue weighted by Crippen LogP contribution is 2.33. The van der Waals surface area contributed by atoms with Crippen molar-refractivity contribution in [1.82, 2.24) is 0 Å². The maximum Gasteiger partial charge on any atom is 0.269 e. The monoisotopic (exact) mass is 740 g/mol. The van der Waals surface area contributed by atoms with Gasteiger partial charge in [-0.25, -0.2) is 0 Å². The van der Waals surface area contributed by atoms with E-state index in [4.69, 9.17) is 9.47 Å². The highest BCUT2D eigenvalue weighted by Gasteiger charge is 2.11. The number of nitro benzene ring substituents is 2. The number of hydrogen-bond acceptors (Lipinski definition) is 6. The second kappa shape index (κ2) is 27.2. The Morgan fingerprint density at radius 3 is 1.04 bits per heavy atom. The van der Waals surface area contributed by atoms with Crippen molar-refractivity contribution < 1.29 is 19.3 Å². The molecule has 294 valence electrons. The largest absolute Gasteiger partial charge is 0.493 e. The molecule has 0 fully saturated rings. The molecule has 3 rings (SSSR count). The summed E-state index contributed by atoms with van der Waals surface area (Å²) in [4.78, 5) is 21.6. The molecule has 0 saturated carbocycles. The molecule has 0 aromatic heterocycles. The lowest BCUT2D eigenvalue weighted by Crippen LogP contribution is -2.03. The van der Waals surface area contributed by atoms with Gasteiger partial charge in [0.2, 0.25) is 0 Å². The van der Waals surface area contributed by atoms with E-state index in [1.807, 2.05) is 36.4 Å². The highest BCUT2D eigenvalue weighted by atomic mass is 16.6. The Kier molecular flexibility index (Phi) is 22.1. The third-order valence-corrected chi connectivity index (χ3v) is 9.77. The fourth-order valence-electron chi connectivity index (χ4n) is 6.43. The first-order chi connectivity index (χ1) is 26.4. The first kappa shape index (κ1) is 43.9. The van der Waals surface area contributed by atoms with Crippen molar-refractivity contribution in [2.75, 3.05) is 13.2 Å². The molecule has 54 heavy (non-hydrogen) atoms. The zero-order chi connectivity index (χ0) is 38.6. The molecule has 0 heterocycles. The maximum absolute atomic E-state index is 11.2. The zero-order valence-corrected chi connectivity index (χ0v) is 33.0. The Balaban J connectivity index is 1.75. The van der Waals surface area contributed by atoms with Crippen LogP contribution in [0.3, 0.4) is 0 Å². The van der Waals surface area contributed by atoms with Crippen molar-refractivity contribution in [3.8, 4) is 11.5 Å². The summed E-state index contributed by atoms with van der Waals surface area (Å²) in [5.41, 5.74) is 3.53. The van der Waals surface area contributed by atoms with Crippen LogP contribution in [-0.4, -0.2) is 23.1 Å².